The van der Waals surface area contributed by atoms with Crippen LogP contribution in [-0.2, 0) is 99.6 Å². The largest absolute Gasteiger partial charge is 0.496 e. The molecule has 15 nitrogen and oxygen atoms in total. The van der Waals surface area contributed by atoms with Crippen LogP contribution >= 0.6 is 0 Å². The standard InChI is InChI=1S/C87H123N3O12/c1-49(2)70(79(91)97-28)88-100-76-58-31-52-37-64(82(7,8)9)39-54(73(52)94-25)33-60-45-68(86(19,20)21)47-62(77(60)101-89-71(50(3)4)80(92)98-29)35-56-41-66(84(13,14)15)42-57(75(56)96-27)36-63-48-69(87(22,23)24)46-61(78(63)102-90-72(51(5)6)81(93)99-30)34-55-40-65(83(10,11)12)38-53(74(55)95-26)32-59(76)44-67(43-58)85(16,17)18/h37-51,70-72,88-90H,31-36H2,1-30H3/t70-,71-,72-/m0/s1. The van der Waals surface area contributed by atoms with Crippen LogP contribution in [0.1, 0.15) is 266 Å². The van der Waals surface area contributed by atoms with Crippen molar-refractivity contribution in [1.29, 1.82) is 0 Å². The summed E-state index contributed by atoms with van der Waals surface area (Å²) < 4.78 is 36.6. The lowest BCUT2D eigenvalue weighted by molar-refractivity contribution is -0.147. The summed E-state index contributed by atoms with van der Waals surface area (Å²) in [5.41, 5.74) is 24.8. The molecule has 0 aliphatic heterocycles. The van der Waals surface area contributed by atoms with Gasteiger partial charge in [-0.2, -0.15) is 0 Å². The van der Waals surface area contributed by atoms with Crippen molar-refractivity contribution in [3.63, 3.8) is 0 Å². The number of hydrogen-bond donors (Lipinski definition) is 3. The van der Waals surface area contributed by atoms with Gasteiger partial charge in [0.25, 0.3) is 0 Å². The molecule has 12 bridgehead atoms. The summed E-state index contributed by atoms with van der Waals surface area (Å²) in [4.78, 5) is 62.6. The Hall–Kier alpha value is -7.59. The van der Waals surface area contributed by atoms with E-state index in [1.54, 1.807) is 21.3 Å². The normalized spacial score (nSPS) is 14.3. The van der Waals surface area contributed by atoms with Crippen molar-refractivity contribution in [2.75, 3.05) is 42.7 Å². The molecule has 0 saturated carbocycles. The van der Waals surface area contributed by atoms with Gasteiger partial charge in [-0.15, -0.1) is 16.4 Å². The highest BCUT2D eigenvalue weighted by atomic mass is 16.7. The second-order valence-electron chi connectivity index (χ2n) is 35.3. The number of carbonyl (C=O) groups excluding carboxylic acids is 3. The van der Waals surface area contributed by atoms with Crippen LogP contribution < -0.4 is 45.2 Å². The van der Waals surface area contributed by atoms with Crippen LogP contribution in [0.25, 0.3) is 0 Å². The van der Waals surface area contributed by atoms with Crippen LogP contribution in [0.5, 0.6) is 34.5 Å². The Morgan fingerprint density at radius 2 is 0.402 bits per heavy atom. The van der Waals surface area contributed by atoms with Gasteiger partial charge in [-0.05, 0) is 117 Å². The Morgan fingerprint density at radius 3 is 0.510 bits per heavy atom. The van der Waals surface area contributed by atoms with Crippen molar-refractivity contribution in [2.24, 2.45) is 17.8 Å². The van der Waals surface area contributed by atoms with Crippen molar-refractivity contribution >= 4 is 17.9 Å². The van der Waals surface area contributed by atoms with Crippen LogP contribution in [0.2, 0.25) is 0 Å². The highest BCUT2D eigenvalue weighted by molar-refractivity contribution is 5.77. The fourth-order valence-corrected chi connectivity index (χ4v) is 13.2. The predicted octanol–water partition coefficient (Wildman–Crippen LogP) is 17.6. The van der Waals surface area contributed by atoms with Crippen LogP contribution in [-0.4, -0.2) is 78.7 Å². The van der Waals surface area contributed by atoms with Gasteiger partial charge in [0.2, 0.25) is 0 Å². The molecule has 1 aliphatic rings. The SMILES string of the molecule is COC(=O)[C@@H](NOc1c2cc(C(C)(C)C)cc1Cc1cc(C(C)(C)C)cc(c1OC)Cc1cc(C(C)(C)C)cc(c1ON[C@H](C(=O)OC)C(C)C)Cc1cc(C(C)(C)C)cc(c1OC)Cc1cc(C(C)(C)C)cc(c1ON[C@H](C(=O)OC)C(C)C)Cc1cc(C(C)(C)C)cc(c1OC)C2)C(C)C. The minimum atomic E-state index is -0.829. The first kappa shape index (κ1) is 81.7. The molecular formula is C87H123N3O12. The van der Waals surface area contributed by atoms with Gasteiger partial charge in [-0.1, -0.05) is 239 Å². The predicted molar refractivity (Wildman–Crippen MR) is 411 cm³/mol. The first-order chi connectivity index (χ1) is 47.3. The van der Waals surface area contributed by atoms with Gasteiger partial charge in [-0.25, -0.2) is 0 Å². The van der Waals surface area contributed by atoms with E-state index < -0.39 is 36.0 Å². The third kappa shape index (κ3) is 19.4. The highest BCUT2D eigenvalue weighted by Crippen LogP contribution is 2.46. The van der Waals surface area contributed by atoms with Crippen molar-refractivity contribution in [1.82, 2.24) is 16.4 Å². The van der Waals surface area contributed by atoms with E-state index in [2.05, 4.69) is 214 Å². The fourth-order valence-electron chi connectivity index (χ4n) is 13.2. The Bertz CT molecular complexity index is 3430. The average Bonchev–Trinajstić information content (AvgIpc) is 0.771. The number of ether oxygens (including phenoxy) is 6. The maximum atomic E-state index is 13.8. The number of rotatable bonds is 18. The number of carbonyl (C=O) groups is 3. The smallest absolute Gasteiger partial charge is 0.326 e. The van der Waals surface area contributed by atoms with Crippen LogP contribution in [0, 0.1) is 17.8 Å². The van der Waals surface area contributed by atoms with Crippen molar-refractivity contribution < 1.29 is 57.3 Å². The molecule has 0 saturated heterocycles. The summed E-state index contributed by atoms with van der Waals surface area (Å²) in [6.07, 6.45) is 2.08. The van der Waals surface area contributed by atoms with E-state index in [4.69, 9.17) is 42.9 Å². The lowest BCUT2D eigenvalue weighted by Gasteiger charge is -2.29. The molecule has 0 aromatic heterocycles. The van der Waals surface area contributed by atoms with E-state index in [0.717, 1.165) is 100 Å². The number of esters is 3. The number of fused-ring (bicyclic) bond motifs is 12. The number of benzene rings is 6. The Balaban J connectivity index is 1.76. The minimum absolute atomic E-state index is 0.215. The zero-order chi connectivity index (χ0) is 76.3. The van der Waals surface area contributed by atoms with Gasteiger partial charge in [-0.3, -0.25) is 14.4 Å². The van der Waals surface area contributed by atoms with E-state index in [0.29, 0.717) is 73.0 Å². The molecule has 0 fully saturated rings. The van der Waals surface area contributed by atoms with Crippen LogP contribution in [0.15, 0.2) is 72.8 Å². The Morgan fingerprint density at radius 1 is 0.265 bits per heavy atom. The molecular weight excluding hydrogens is 1280 g/mol. The van der Waals surface area contributed by atoms with Crippen molar-refractivity contribution in [2.45, 2.75) is 255 Å². The third-order valence-corrected chi connectivity index (χ3v) is 19.8. The van der Waals surface area contributed by atoms with E-state index in [-0.39, 0.29) is 50.2 Å². The van der Waals surface area contributed by atoms with E-state index in [1.165, 1.54) is 21.3 Å². The minimum Gasteiger partial charge on any atom is -0.496 e. The van der Waals surface area contributed by atoms with Crippen LogP contribution in [0.4, 0.5) is 0 Å². The van der Waals surface area contributed by atoms with E-state index >= 15 is 0 Å². The topological polar surface area (TPSA) is 170 Å². The second kappa shape index (κ2) is 32.2. The van der Waals surface area contributed by atoms with Gasteiger partial charge in [0, 0.05) is 71.9 Å². The number of nitrogens with one attached hydrogen (secondary N) is 3. The van der Waals surface area contributed by atoms with E-state index in [9.17, 15) is 14.4 Å². The molecule has 0 spiro atoms. The maximum Gasteiger partial charge on any atom is 0.326 e. The summed E-state index contributed by atoms with van der Waals surface area (Å²) in [6, 6.07) is 24.5. The average molecular weight is 1400 g/mol. The molecule has 1 aliphatic carbocycles. The van der Waals surface area contributed by atoms with Gasteiger partial charge in [0.15, 0.2) is 17.2 Å². The molecule has 3 N–H and O–H groups in total. The molecule has 6 aromatic carbocycles. The van der Waals surface area contributed by atoms with Gasteiger partial charge in [0.05, 0.1) is 42.7 Å². The lowest BCUT2D eigenvalue weighted by Crippen LogP contribution is -2.43. The third-order valence-electron chi connectivity index (χ3n) is 19.8. The van der Waals surface area contributed by atoms with Crippen molar-refractivity contribution in [3.05, 3.63) is 173 Å². The molecule has 7 rings (SSSR count). The number of methoxy groups -OCH3 is 6. The van der Waals surface area contributed by atoms with Crippen LogP contribution in [0.3, 0.4) is 0 Å². The molecule has 6 aromatic rings. The second-order valence-corrected chi connectivity index (χ2v) is 35.3. The Kier molecular flexibility index (Phi) is 25.8. The van der Waals surface area contributed by atoms with Gasteiger partial charge >= 0.3 is 17.9 Å². The lowest BCUT2D eigenvalue weighted by atomic mass is 9.79. The molecule has 0 amide bonds. The highest BCUT2D eigenvalue weighted by Gasteiger charge is 2.35. The molecule has 0 heterocycles. The summed E-state index contributed by atoms with van der Waals surface area (Å²) >= 11 is 0. The first-order valence-electron chi connectivity index (χ1n) is 36.4. The first-order valence-corrected chi connectivity index (χ1v) is 36.4. The van der Waals surface area contributed by atoms with E-state index in [1.807, 2.05) is 41.5 Å². The summed E-state index contributed by atoms with van der Waals surface area (Å²) in [7, 11) is 9.40. The van der Waals surface area contributed by atoms with Gasteiger partial charge in [0.1, 0.15) is 35.4 Å². The quantitative estimate of drug-likeness (QED) is 0.0421. The molecule has 3 atom stereocenters. The molecule has 15 heteroatoms. The summed E-state index contributed by atoms with van der Waals surface area (Å²) in [5, 5.41) is 0. The zero-order valence-corrected chi connectivity index (χ0v) is 67.5. The zero-order valence-electron chi connectivity index (χ0n) is 67.5. The fraction of sp³-hybridized carbons (Fsp3) is 0.552. The Labute approximate surface area is 611 Å². The monoisotopic (exact) mass is 1400 g/mol. The maximum absolute atomic E-state index is 13.8. The van der Waals surface area contributed by atoms with Gasteiger partial charge < -0.3 is 42.9 Å². The summed E-state index contributed by atoms with van der Waals surface area (Å²) in [6.45, 7) is 51.8. The number of hydroxylamine groups is 3. The summed E-state index contributed by atoms with van der Waals surface area (Å²) in [5.74, 6) is 1.74. The van der Waals surface area contributed by atoms with Crippen molar-refractivity contribution in [3.8, 4) is 34.5 Å². The molecule has 0 unspecified atom stereocenters. The molecule has 0 radical (unpaired) electrons. The number of hydrogen-bond acceptors (Lipinski definition) is 15. The molecule has 102 heavy (non-hydrogen) atoms. The molecule has 558 valence electrons.